The van der Waals surface area contributed by atoms with Gasteiger partial charge in [-0.1, -0.05) is 6.92 Å². The van der Waals surface area contributed by atoms with Gasteiger partial charge in [-0.05, 0) is 20.3 Å². The molecule has 120 valence electrons. The first kappa shape index (κ1) is 17.1. The van der Waals surface area contributed by atoms with E-state index in [0.717, 1.165) is 12.2 Å². The third-order valence-electron chi connectivity index (χ3n) is 3.62. The summed E-state index contributed by atoms with van der Waals surface area (Å²) in [5, 5.41) is 4.71. The number of hydrogen-bond donors (Lipinski definition) is 0. The lowest BCUT2D eigenvalue weighted by Crippen LogP contribution is -2.41. The zero-order chi connectivity index (χ0) is 15.6. The summed E-state index contributed by atoms with van der Waals surface area (Å²) in [5.41, 5.74) is 1.29. The molecule has 0 saturated carbocycles. The van der Waals surface area contributed by atoms with Crippen molar-refractivity contribution in [3.63, 3.8) is 0 Å². The highest BCUT2D eigenvalue weighted by atomic mass is 35.5. The molecule has 0 radical (unpaired) electrons. The molecule has 2 rings (SSSR count). The molecule has 1 unspecified atom stereocenters. The molecule has 1 aliphatic rings. The largest absolute Gasteiger partial charge is 0.268 e. The first-order chi connectivity index (χ1) is 9.87. The number of hydrogen-bond acceptors (Lipinski definition) is 4. The normalized spacial score (nSPS) is 20.9. The molecule has 1 aromatic rings. The van der Waals surface area contributed by atoms with Crippen LogP contribution in [-0.2, 0) is 16.6 Å². The Balaban J connectivity index is 2.33. The van der Waals surface area contributed by atoms with Crippen molar-refractivity contribution in [1.29, 1.82) is 0 Å². The average Bonchev–Trinajstić information content (AvgIpc) is 2.71. The summed E-state index contributed by atoms with van der Waals surface area (Å²) in [6.45, 7) is 7.44. The molecule has 1 saturated heterocycles. The maximum Gasteiger partial charge on any atom is 0.246 e. The van der Waals surface area contributed by atoms with Gasteiger partial charge in [0, 0.05) is 36.5 Å². The van der Waals surface area contributed by atoms with E-state index in [1.165, 1.54) is 0 Å². The smallest absolute Gasteiger partial charge is 0.246 e. The van der Waals surface area contributed by atoms with Gasteiger partial charge in [0.25, 0.3) is 0 Å². The summed E-state index contributed by atoms with van der Waals surface area (Å²) in [7, 11) is -3.46. The van der Waals surface area contributed by atoms with E-state index in [4.69, 9.17) is 11.6 Å². The van der Waals surface area contributed by atoms with Crippen molar-refractivity contribution in [1.82, 2.24) is 14.1 Å². The van der Waals surface area contributed by atoms with Gasteiger partial charge in [0.15, 0.2) is 0 Å². The Morgan fingerprint density at radius 2 is 2.14 bits per heavy atom. The van der Waals surface area contributed by atoms with Gasteiger partial charge in [-0.25, -0.2) is 8.42 Å². The third-order valence-corrected chi connectivity index (χ3v) is 7.14. The molecule has 0 aliphatic carbocycles. The molecule has 0 N–H and O–H groups in total. The Labute approximate surface area is 136 Å². The molecule has 0 bridgehead atoms. The summed E-state index contributed by atoms with van der Waals surface area (Å²) < 4.78 is 29.1. The number of rotatable bonds is 5. The molecule has 2 heterocycles. The molecular formula is C13H22ClN3O2S2. The van der Waals surface area contributed by atoms with Gasteiger partial charge in [0.2, 0.25) is 10.0 Å². The minimum absolute atomic E-state index is 0.334. The highest BCUT2D eigenvalue weighted by Crippen LogP contribution is 2.28. The van der Waals surface area contributed by atoms with Crippen LogP contribution in [0, 0.1) is 13.8 Å². The number of halogens is 1. The van der Waals surface area contributed by atoms with Crippen LogP contribution in [0.1, 0.15) is 24.7 Å². The highest BCUT2D eigenvalue weighted by Gasteiger charge is 2.33. The van der Waals surface area contributed by atoms with Gasteiger partial charge in [0.05, 0.1) is 11.4 Å². The van der Waals surface area contributed by atoms with Crippen LogP contribution in [0.2, 0.25) is 0 Å². The maximum absolute atomic E-state index is 12.9. The number of alkyl halides is 1. The minimum atomic E-state index is -3.46. The van der Waals surface area contributed by atoms with Gasteiger partial charge < -0.3 is 0 Å². The lowest BCUT2D eigenvalue weighted by atomic mass is 10.4. The second kappa shape index (κ2) is 6.89. The van der Waals surface area contributed by atoms with Crippen LogP contribution < -0.4 is 0 Å². The molecule has 0 amide bonds. The number of thioether (sulfide) groups is 1. The Morgan fingerprint density at radius 3 is 2.76 bits per heavy atom. The van der Waals surface area contributed by atoms with Crippen molar-refractivity contribution in [3.05, 3.63) is 11.4 Å². The van der Waals surface area contributed by atoms with Crippen LogP contribution in [-0.4, -0.2) is 52.5 Å². The van der Waals surface area contributed by atoms with Crippen LogP contribution >= 0.6 is 23.4 Å². The summed E-state index contributed by atoms with van der Waals surface area (Å²) >= 11 is 7.52. The number of aromatic nitrogens is 2. The van der Waals surface area contributed by atoms with Gasteiger partial charge in [0.1, 0.15) is 4.90 Å². The van der Waals surface area contributed by atoms with Crippen molar-refractivity contribution < 1.29 is 8.42 Å². The molecule has 1 aromatic heterocycles. The Morgan fingerprint density at radius 1 is 1.43 bits per heavy atom. The van der Waals surface area contributed by atoms with Crippen molar-refractivity contribution in [2.75, 3.05) is 24.7 Å². The van der Waals surface area contributed by atoms with Gasteiger partial charge in [-0.2, -0.15) is 21.2 Å². The second-order valence-corrected chi connectivity index (χ2v) is 9.11. The summed E-state index contributed by atoms with van der Waals surface area (Å²) in [5.74, 6) is 1.39. The molecule has 0 aromatic carbocycles. The minimum Gasteiger partial charge on any atom is -0.268 e. The molecule has 21 heavy (non-hydrogen) atoms. The van der Waals surface area contributed by atoms with Gasteiger partial charge >= 0.3 is 0 Å². The number of sulfonamides is 1. The lowest BCUT2D eigenvalue weighted by molar-refractivity contribution is 0.423. The lowest BCUT2D eigenvalue weighted by Gasteiger charge is -2.29. The second-order valence-electron chi connectivity index (χ2n) is 5.31. The van der Waals surface area contributed by atoms with Crippen molar-refractivity contribution in [2.45, 2.75) is 43.9 Å². The van der Waals surface area contributed by atoms with Gasteiger partial charge in [-0.3, -0.25) is 4.68 Å². The Kier molecular flexibility index (Phi) is 5.62. The summed E-state index contributed by atoms with van der Waals surface area (Å²) in [6.07, 6.45) is 0.778. The van der Waals surface area contributed by atoms with Crippen molar-refractivity contribution in [3.8, 4) is 0 Å². The van der Waals surface area contributed by atoms with E-state index in [0.29, 0.717) is 47.0 Å². The predicted molar refractivity (Wildman–Crippen MR) is 87.7 cm³/mol. The quantitative estimate of drug-likeness (QED) is 0.763. The van der Waals surface area contributed by atoms with Crippen molar-refractivity contribution in [2.24, 2.45) is 0 Å². The van der Waals surface area contributed by atoms with E-state index < -0.39 is 10.0 Å². The van der Waals surface area contributed by atoms with E-state index >= 15 is 0 Å². The van der Waals surface area contributed by atoms with E-state index in [1.807, 2.05) is 18.7 Å². The first-order valence-electron chi connectivity index (χ1n) is 7.09. The Hall–Kier alpha value is -0.240. The number of aryl methyl sites for hydroxylation is 2. The van der Waals surface area contributed by atoms with Crippen LogP contribution in [0.15, 0.2) is 4.90 Å². The molecular weight excluding hydrogens is 330 g/mol. The predicted octanol–water partition coefficient (Wildman–Crippen LogP) is 2.25. The highest BCUT2D eigenvalue weighted by molar-refractivity contribution is 8.00. The molecule has 1 atom stereocenters. The average molecular weight is 352 g/mol. The zero-order valence-corrected chi connectivity index (χ0v) is 15.1. The number of nitrogens with zero attached hydrogens (tertiary/aromatic N) is 3. The van der Waals surface area contributed by atoms with Crippen LogP contribution in [0.5, 0.6) is 0 Å². The van der Waals surface area contributed by atoms with Crippen LogP contribution in [0.3, 0.4) is 0 Å². The molecule has 0 spiro atoms. The van der Waals surface area contributed by atoms with E-state index in [-0.39, 0.29) is 0 Å². The maximum atomic E-state index is 12.9. The monoisotopic (exact) mass is 351 g/mol. The molecule has 8 heteroatoms. The van der Waals surface area contributed by atoms with E-state index in [2.05, 4.69) is 12.0 Å². The third kappa shape index (κ3) is 3.57. The van der Waals surface area contributed by atoms with E-state index in [1.54, 1.807) is 15.9 Å². The molecule has 1 aliphatic heterocycles. The molecule has 1 fully saturated rings. The summed E-state index contributed by atoms with van der Waals surface area (Å²) in [6, 6.07) is 0. The SMILES string of the molecule is Cc1nn(CCCCl)c(C)c1S(=O)(=O)N1CCSC(C)C1. The fourth-order valence-corrected chi connectivity index (χ4v) is 5.86. The zero-order valence-electron chi connectivity index (χ0n) is 12.7. The van der Waals surface area contributed by atoms with Crippen LogP contribution in [0.25, 0.3) is 0 Å². The Bertz CT molecular complexity index is 601. The fraction of sp³-hybridized carbons (Fsp3) is 0.769. The standard InChI is InChI=1S/C13H22ClN3O2S2/c1-10-9-16(7-8-20-10)21(18,19)13-11(2)15-17(12(13)3)6-4-5-14/h10H,4-9H2,1-3H3. The van der Waals surface area contributed by atoms with Gasteiger partial charge in [-0.15, -0.1) is 11.6 Å². The first-order valence-corrected chi connectivity index (χ1v) is 10.1. The summed E-state index contributed by atoms with van der Waals surface area (Å²) in [4.78, 5) is 0.371. The fourth-order valence-electron chi connectivity index (χ4n) is 2.61. The van der Waals surface area contributed by atoms with E-state index in [9.17, 15) is 8.42 Å². The topological polar surface area (TPSA) is 55.2 Å². The molecule has 5 nitrogen and oxygen atoms in total. The van der Waals surface area contributed by atoms with Crippen LogP contribution in [0.4, 0.5) is 0 Å². The van der Waals surface area contributed by atoms with Crippen molar-refractivity contribution >= 4 is 33.4 Å².